The second-order valence-corrected chi connectivity index (χ2v) is 5.68. The first-order valence-corrected chi connectivity index (χ1v) is 7.26. The third kappa shape index (κ3) is 3.08. The predicted octanol–water partition coefficient (Wildman–Crippen LogP) is 3.46. The third-order valence-electron chi connectivity index (χ3n) is 4.09. The number of rotatable bonds is 2. The van der Waals surface area contributed by atoms with Crippen molar-refractivity contribution < 1.29 is 13.2 Å². The van der Waals surface area contributed by atoms with Crippen molar-refractivity contribution >= 4 is 16.9 Å². The molecule has 7 heteroatoms. The Kier molecular flexibility index (Phi) is 3.80. The fourth-order valence-corrected chi connectivity index (χ4v) is 2.97. The Bertz CT molecular complexity index is 726. The number of para-hydroxylation sites is 1. The van der Waals surface area contributed by atoms with Gasteiger partial charge in [-0.3, -0.25) is 9.78 Å². The largest absolute Gasteiger partial charge is 0.391 e. The summed E-state index contributed by atoms with van der Waals surface area (Å²) < 4.78 is 38.5. The van der Waals surface area contributed by atoms with Gasteiger partial charge in [0, 0.05) is 6.04 Å². The van der Waals surface area contributed by atoms with Gasteiger partial charge in [-0.05, 0) is 31.4 Å². The summed E-state index contributed by atoms with van der Waals surface area (Å²) in [6, 6.07) is 6.53. The van der Waals surface area contributed by atoms with Gasteiger partial charge < -0.3 is 5.32 Å². The van der Waals surface area contributed by atoms with Gasteiger partial charge in [0.05, 0.1) is 16.8 Å². The molecule has 0 radical (unpaired) electrons. The number of hydrogen-bond donors (Lipinski definition) is 2. The summed E-state index contributed by atoms with van der Waals surface area (Å²) in [7, 11) is 0. The Hall–Kier alpha value is -2.05. The maximum Gasteiger partial charge on any atom is 0.391 e. The topological polar surface area (TPSA) is 57.8 Å². The van der Waals surface area contributed by atoms with Crippen LogP contribution in [-0.4, -0.2) is 22.2 Å². The minimum Gasteiger partial charge on any atom is -0.353 e. The molecule has 1 saturated carbocycles. The van der Waals surface area contributed by atoms with Crippen molar-refractivity contribution in [3.8, 4) is 0 Å². The number of nitrogens with one attached hydrogen (secondary N) is 2. The molecule has 1 heterocycles. The van der Waals surface area contributed by atoms with Crippen molar-refractivity contribution in [3.63, 3.8) is 0 Å². The lowest BCUT2D eigenvalue weighted by atomic mass is 9.85. The quantitative estimate of drug-likeness (QED) is 0.893. The lowest BCUT2D eigenvalue weighted by Crippen LogP contribution is -2.35. The molecule has 0 aliphatic heterocycles. The van der Waals surface area contributed by atoms with Crippen molar-refractivity contribution in [1.82, 2.24) is 9.97 Å². The third-order valence-corrected chi connectivity index (χ3v) is 4.09. The summed E-state index contributed by atoms with van der Waals surface area (Å²) in [6.07, 6.45) is -2.82. The van der Waals surface area contributed by atoms with Crippen LogP contribution in [-0.2, 0) is 0 Å². The fourth-order valence-electron chi connectivity index (χ4n) is 2.97. The number of halogens is 3. The van der Waals surface area contributed by atoms with Gasteiger partial charge in [-0.25, -0.2) is 4.98 Å². The molecule has 22 heavy (non-hydrogen) atoms. The van der Waals surface area contributed by atoms with Crippen LogP contribution in [0.4, 0.5) is 19.1 Å². The molecule has 118 valence electrons. The fraction of sp³-hybridized carbons (Fsp3) is 0.467. The van der Waals surface area contributed by atoms with E-state index >= 15 is 0 Å². The number of anilines is 1. The van der Waals surface area contributed by atoms with Crippen molar-refractivity contribution in [2.75, 3.05) is 5.32 Å². The number of aromatic nitrogens is 2. The van der Waals surface area contributed by atoms with Crippen LogP contribution in [0.15, 0.2) is 29.1 Å². The van der Waals surface area contributed by atoms with Crippen LogP contribution in [0.25, 0.3) is 10.9 Å². The molecular weight excluding hydrogens is 295 g/mol. The molecule has 2 unspecified atom stereocenters. The highest BCUT2D eigenvalue weighted by Crippen LogP contribution is 2.38. The first kappa shape index (κ1) is 14.9. The molecular formula is C15H16F3N3O. The first-order chi connectivity index (χ1) is 10.4. The monoisotopic (exact) mass is 311 g/mol. The molecule has 2 aromatic rings. The van der Waals surface area contributed by atoms with Crippen LogP contribution >= 0.6 is 0 Å². The Labute approximate surface area is 124 Å². The molecule has 0 saturated heterocycles. The van der Waals surface area contributed by atoms with E-state index in [1.54, 1.807) is 24.3 Å². The van der Waals surface area contributed by atoms with E-state index in [1.165, 1.54) is 0 Å². The molecule has 0 amide bonds. The summed E-state index contributed by atoms with van der Waals surface area (Å²) in [5, 5.41) is 3.41. The number of benzene rings is 1. The van der Waals surface area contributed by atoms with Crippen molar-refractivity contribution in [1.29, 1.82) is 0 Å². The zero-order valence-electron chi connectivity index (χ0n) is 11.8. The van der Waals surface area contributed by atoms with Gasteiger partial charge in [0.2, 0.25) is 5.95 Å². The van der Waals surface area contributed by atoms with E-state index in [-0.39, 0.29) is 30.4 Å². The van der Waals surface area contributed by atoms with Crippen LogP contribution in [0.1, 0.15) is 25.7 Å². The summed E-state index contributed by atoms with van der Waals surface area (Å²) in [5.41, 5.74) is 0.230. The number of hydrogen-bond acceptors (Lipinski definition) is 3. The minimum atomic E-state index is -4.16. The Balaban J connectivity index is 1.80. The van der Waals surface area contributed by atoms with Crippen molar-refractivity contribution in [3.05, 3.63) is 34.6 Å². The minimum absolute atomic E-state index is 0.0139. The molecule has 0 spiro atoms. The van der Waals surface area contributed by atoms with Crippen LogP contribution < -0.4 is 10.9 Å². The van der Waals surface area contributed by atoms with Crippen molar-refractivity contribution in [2.24, 2.45) is 5.92 Å². The van der Waals surface area contributed by atoms with Crippen LogP contribution in [0.2, 0.25) is 0 Å². The average Bonchev–Trinajstić information content (AvgIpc) is 2.47. The van der Waals surface area contributed by atoms with Crippen LogP contribution in [0.3, 0.4) is 0 Å². The highest BCUT2D eigenvalue weighted by atomic mass is 19.4. The molecule has 3 rings (SSSR count). The maximum absolute atomic E-state index is 12.8. The Morgan fingerprint density at radius 2 is 2.00 bits per heavy atom. The summed E-state index contributed by atoms with van der Waals surface area (Å²) in [6.45, 7) is 0. The normalized spacial score (nSPS) is 22.7. The zero-order valence-corrected chi connectivity index (χ0v) is 11.8. The van der Waals surface area contributed by atoms with Gasteiger partial charge in [0.1, 0.15) is 0 Å². The SMILES string of the molecule is O=c1[nH]c(NC2CCCC(C(F)(F)F)C2)nc2ccccc12. The van der Waals surface area contributed by atoms with E-state index in [1.807, 2.05) is 0 Å². The second kappa shape index (κ2) is 5.62. The highest BCUT2D eigenvalue weighted by molar-refractivity contribution is 5.78. The van der Waals surface area contributed by atoms with E-state index in [0.717, 1.165) is 0 Å². The Morgan fingerprint density at radius 3 is 2.77 bits per heavy atom. The van der Waals surface area contributed by atoms with Gasteiger partial charge in [0.15, 0.2) is 0 Å². The highest BCUT2D eigenvalue weighted by Gasteiger charge is 2.42. The molecule has 1 aliphatic carbocycles. The second-order valence-electron chi connectivity index (χ2n) is 5.68. The van der Waals surface area contributed by atoms with Gasteiger partial charge in [-0.1, -0.05) is 18.6 Å². The van der Waals surface area contributed by atoms with Crippen LogP contribution in [0, 0.1) is 5.92 Å². The maximum atomic E-state index is 12.8. The number of aromatic amines is 1. The van der Waals surface area contributed by atoms with Gasteiger partial charge >= 0.3 is 6.18 Å². The van der Waals surface area contributed by atoms with Crippen molar-refractivity contribution in [2.45, 2.75) is 37.9 Å². The van der Waals surface area contributed by atoms with E-state index in [0.29, 0.717) is 23.7 Å². The molecule has 1 aromatic carbocycles. The van der Waals surface area contributed by atoms with Gasteiger partial charge in [0.25, 0.3) is 5.56 Å². The van der Waals surface area contributed by atoms with Gasteiger partial charge in [-0.15, -0.1) is 0 Å². The predicted molar refractivity (Wildman–Crippen MR) is 77.8 cm³/mol. The molecule has 4 nitrogen and oxygen atoms in total. The molecule has 1 fully saturated rings. The standard InChI is InChI=1S/C15H16F3N3O/c16-15(17,18)9-4-3-5-10(8-9)19-14-20-12-7-2-1-6-11(12)13(22)21-14/h1-2,6-7,9-10H,3-5,8H2,(H2,19,20,21,22). The van der Waals surface area contributed by atoms with E-state index in [4.69, 9.17) is 0 Å². The van der Waals surface area contributed by atoms with Crippen LogP contribution in [0.5, 0.6) is 0 Å². The average molecular weight is 311 g/mol. The lowest BCUT2D eigenvalue weighted by molar-refractivity contribution is -0.182. The molecule has 2 N–H and O–H groups in total. The van der Waals surface area contributed by atoms with E-state index in [9.17, 15) is 18.0 Å². The van der Waals surface area contributed by atoms with E-state index in [2.05, 4.69) is 15.3 Å². The van der Waals surface area contributed by atoms with Gasteiger partial charge in [-0.2, -0.15) is 13.2 Å². The molecule has 2 atom stereocenters. The number of H-pyrrole nitrogens is 1. The summed E-state index contributed by atoms with van der Waals surface area (Å²) in [4.78, 5) is 18.8. The summed E-state index contributed by atoms with van der Waals surface area (Å²) in [5.74, 6) is -1.05. The molecule has 1 aliphatic rings. The number of nitrogens with zero attached hydrogens (tertiary/aromatic N) is 1. The number of alkyl halides is 3. The Morgan fingerprint density at radius 1 is 1.23 bits per heavy atom. The first-order valence-electron chi connectivity index (χ1n) is 7.26. The number of fused-ring (bicyclic) bond motifs is 1. The smallest absolute Gasteiger partial charge is 0.353 e. The van der Waals surface area contributed by atoms with E-state index < -0.39 is 12.1 Å². The molecule has 0 bridgehead atoms. The summed E-state index contributed by atoms with van der Waals surface area (Å²) >= 11 is 0. The lowest BCUT2D eigenvalue weighted by Gasteiger charge is -2.31. The zero-order chi connectivity index (χ0) is 15.7. The molecule has 1 aromatic heterocycles.